The summed E-state index contributed by atoms with van der Waals surface area (Å²) in [5, 5.41) is 6.82. The van der Waals surface area contributed by atoms with E-state index in [1.807, 2.05) is 36.4 Å². The average molecular weight is 550 g/mol. The molecule has 194 valence electrons. The number of hydrogen-bond acceptors (Lipinski definition) is 7. The molecule has 0 saturated carbocycles. The fraction of sp³-hybridized carbons (Fsp3) is 0.179. The van der Waals surface area contributed by atoms with Gasteiger partial charge in [-0.15, -0.1) is 11.8 Å². The maximum atomic E-state index is 13.5. The summed E-state index contributed by atoms with van der Waals surface area (Å²) in [4.78, 5) is 22.4. The molecular weight excluding hydrogens is 525 g/mol. The molecule has 0 atom stereocenters. The molecule has 0 saturated heterocycles. The van der Waals surface area contributed by atoms with Gasteiger partial charge in [-0.25, -0.2) is 14.4 Å². The van der Waals surface area contributed by atoms with Gasteiger partial charge in [-0.3, -0.25) is 4.79 Å². The average Bonchev–Trinajstić information content (AvgIpc) is 3.45. The second-order valence-electron chi connectivity index (χ2n) is 8.66. The van der Waals surface area contributed by atoms with E-state index < -0.39 is 5.82 Å². The lowest BCUT2D eigenvalue weighted by atomic mass is 10.1. The maximum absolute atomic E-state index is 13.5. The fourth-order valence-corrected chi connectivity index (χ4v) is 5.17. The van der Waals surface area contributed by atoms with Crippen LogP contribution in [-0.2, 0) is 4.79 Å². The Balaban J connectivity index is 1.18. The molecule has 3 aromatic carbocycles. The minimum Gasteiger partial charge on any atom is -0.494 e. The third kappa shape index (κ3) is 6.17. The standard InChI is InChI=1S/C28H25ClFN5O2S/c29-21-14-18(6-8-22(21)30)34-28-20-15-19(7-10-24(20)32-16-33-28)37-11-1-4-27(36)35-25-13-17(5-9-23(25)31)26-3-2-12-38-26/h3,5-10,13-16H,1-2,4,11-12,31H2,(H,35,36)(H,32,33,34). The molecule has 4 N–H and O–H groups in total. The van der Waals surface area contributed by atoms with Gasteiger partial charge in [-0.2, -0.15) is 0 Å². The number of carbonyl (C=O) groups is 1. The summed E-state index contributed by atoms with van der Waals surface area (Å²) in [5.41, 5.74) is 9.62. The Morgan fingerprint density at radius 2 is 2.03 bits per heavy atom. The number of nitrogens with zero attached hydrogens (tertiary/aromatic N) is 2. The Labute approximate surface area is 228 Å². The van der Waals surface area contributed by atoms with Crippen LogP contribution in [0.4, 0.5) is 27.3 Å². The van der Waals surface area contributed by atoms with Gasteiger partial charge in [-0.05, 0) is 66.9 Å². The number of benzene rings is 3. The topological polar surface area (TPSA) is 102 Å². The predicted octanol–water partition coefficient (Wildman–Crippen LogP) is 7.02. The summed E-state index contributed by atoms with van der Waals surface area (Å²) < 4.78 is 19.4. The van der Waals surface area contributed by atoms with Crippen molar-refractivity contribution in [3.63, 3.8) is 0 Å². The van der Waals surface area contributed by atoms with Crippen LogP contribution in [0.2, 0.25) is 5.02 Å². The van der Waals surface area contributed by atoms with Crippen molar-refractivity contribution in [3.8, 4) is 5.75 Å². The third-order valence-electron chi connectivity index (χ3n) is 5.92. The smallest absolute Gasteiger partial charge is 0.224 e. The first-order valence-electron chi connectivity index (χ1n) is 12.1. The van der Waals surface area contributed by atoms with Crippen LogP contribution in [0, 0.1) is 5.82 Å². The first-order valence-corrected chi connectivity index (χ1v) is 13.4. The largest absolute Gasteiger partial charge is 0.494 e. The van der Waals surface area contributed by atoms with Crippen LogP contribution in [0.15, 0.2) is 67.0 Å². The SMILES string of the molecule is Nc1ccc(C2=CCCS2)cc1NC(=O)CCCOc1ccc2ncnc(Nc3ccc(F)c(Cl)c3)c2c1. The van der Waals surface area contributed by atoms with E-state index >= 15 is 0 Å². The Kier molecular flexibility index (Phi) is 7.95. The van der Waals surface area contributed by atoms with Gasteiger partial charge in [0.25, 0.3) is 0 Å². The molecule has 0 unspecified atom stereocenters. The second-order valence-corrected chi connectivity index (χ2v) is 10.2. The molecule has 0 bridgehead atoms. The Bertz CT molecular complexity index is 1530. The van der Waals surface area contributed by atoms with Crippen molar-refractivity contribution in [1.82, 2.24) is 9.97 Å². The molecule has 10 heteroatoms. The van der Waals surface area contributed by atoms with Crippen LogP contribution >= 0.6 is 23.4 Å². The summed E-state index contributed by atoms with van der Waals surface area (Å²) in [6.07, 6.45) is 5.51. The highest BCUT2D eigenvalue weighted by molar-refractivity contribution is 8.08. The molecule has 0 fully saturated rings. The zero-order chi connectivity index (χ0) is 26.5. The number of ether oxygens (including phenoxy) is 1. The molecule has 1 aromatic heterocycles. The molecule has 5 rings (SSSR count). The predicted molar refractivity (Wildman–Crippen MR) is 153 cm³/mol. The molecule has 0 radical (unpaired) electrons. The normalized spacial score (nSPS) is 12.8. The molecule has 7 nitrogen and oxygen atoms in total. The van der Waals surface area contributed by atoms with Crippen LogP contribution in [0.1, 0.15) is 24.8 Å². The monoisotopic (exact) mass is 549 g/mol. The number of nitrogen functional groups attached to an aromatic ring is 1. The van der Waals surface area contributed by atoms with Crippen LogP contribution in [-0.4, -0.2) is 28.2 Å². The summed E-state index contributed by atoms with van der Waals surface area (Å²) in [7, 11) is 0. The number of carbonyl (C=O) groups excluding carboxylic acids is 1. The number of allylic oxidation sites excluding steroid dienone is 1. The van der Waals surface area contributed by atoms with E-state index in [4.69, 9.17) is 22.1 Å². The highest BCUT2D eigenvalue weighted by Gasteiger charge is 2.12. The number of nitrogens with one attached hydrogen (secondary N) is 2. The van der Waals surface area contributed by atoms with Crippen LogP contribution in [0.5, 0.6) is 5.75 Å². The number of hydrogen-bond donors (Lipinski definition) is 3. The first-order chi connectivity index (χ1) is 18.5. The van der Waals surface area contributed by atoms with Crippen molar-refractivity contribution in [2.24, 2.45) is 0 Å². The van der Waals surface area contributed by atoms with Crippen molar-refractivity contribution in [3.05, 3.63) is 83.4 Å². The van der Waals surface area contributed by atoms with E-state index in [0.29, 0.717) is 47.2 Å². The Morgan fingerprint density at radius 3 is 2.84 bits per heavy atom. The van der Waals surface area contributed by atoms with E-state index in [1.54, 1.807) is 17.8 Å². The number of amides is 1. The van der Waals surface area contributed by atoms with Crippen molar-refractivity contribution >= 4 is 68.0 Å². The first kappa shape index (κ1) is 25.8. The number of aromatic nitrogens is 2. The van der Waals surface area contributed by atoms with Gasteiger partial charge in [-0.1, -0.05) is 23.7 Å². The zero-order valence-corrected chi connectivity index (χ0v) is 21.9. The van der Waals surface area contributed by atoms with Crippen molar-refractivity contribution < 1.29 is 13.9 Å². The van der Waals surface area contributed by atoms with Gasteiger partial charge >= 0.3 is 0 Å². The number of rotatable bonds is 9. The lowest BCUT2D eigenvalue weighted by molar-refractivity contribution is -0.116. The van der Waals surface area contributed by atoms with Gasteiger partial charge in [0.1, 0.15) is 23.7 Å². The molecule has 1 amide bonds. The number of halogens is 2. The highest BCUT2D eigenvalue weighted by Crippen LogP contribution is 2.36. The van der Waals surface area contributed by atoms with Gasteiger partial charge in [0, 0.05) is 28.2 Å². The van der Waals surface area contributed by atoms with E-state index in [2.05, 4.69) is 26.7 Å². The number of thioether (sulfide) groups is 1. The van der Waals surface area contributed by atoms with Gasteiger partial charge < -0.3 is 21.1 Å². The Hall–Kier alpha value is -3.82. The lowest BCUT2D eigenvalue weighted by Crippen LogP contribution is -2.14. The van der Waals surface area contributed by atoms with E-state index in [-0.39, 0.29) is 17.4 Å². The molecule has 0 aliphatic carbocycles. The number of anilines is 4. The number of fused-ring (bicyclic) bond motifs is 1. The Morgan fingerprint density at radius 1 is 1.13 bits per heavy atom. The van der Waals surface area contributed by atoms with Gasteiger partial charge in [0.05, 0.1) is 28.5 Å². The van der Waals surface area contributed by atoms with Crippen molar-refractivity contribution in [2.75, 3.05) is 28.7 Å². The van der Waals surface area contributed by atoms with Crippen molar-refractivity contribution in [1.29, 1.82) is 0 Å². The summed E-state index contributed by atoms with van der Waals surface area (Å²) in [6.45, 7) is 0.349. The molecule has 0 spiro atoms. The fourth-order valence-electron chi connectivity index (χ4n) is 4.01. The molecule has 38 heavy (non-hydrogen) atoms. The van der Waals surface area contributed by atoms with Crippen molar-refractivity contribution in [2.45, 2.75) is 19.3 Å². The highest BCUT2D eigenvalue weighted by atomic mass is 35.5. The van der Waals surface area contributed by atoms with Gasteiger partial charge in [0.2, 0.25) is 5.91 Å². The van der Waals surface area contributed by atoms with E-state index in [1.165, 1.54) is 23.4 Å². The summed E-state index contributed by atoms with van der Waals surface area (Å²) in [6, 6.07) is 15.6. The maximum Gasteiger partial charge on any atom is 0.224 e. The van der Waals surface area contributed by atoms with E-state index in [0.717, 1.165) is 23.1 Å². The zero-order valence-electron chi connectivity index (χ0n) is 20.3. The van der Waals surface area contributed by atoms with E-state index in [9.17, 15) is 9.18 Å². The minimum absolute atomic E-state index is 0.0158. The second kappa shape index (κ2) is 11.7. The van der Waals surface area contributed by atoms with Gasteiger partial charge in [0.15, 0.2) is 0 Å². The molecule has 1 aliphatic heterocycles. The quantitative estimate of drug-likeness (QED) is 0.152. The molecule has 1 aliphatic rings. The lowest BCUT2D eigenvalue weighted by Gasteiger charge is -2.12. The number of nitrogens with two attached hydrogens (primary N) is 1. The van der Waals surface area contributed by atoms with Crippen LogP contribution < -0.4 is 21.1 Å². The summed E-state index contributed by atoms with van der Waals surface area (Å²) >= 11 is 7.70. The molecular formula is C28H25ClFN5O2S. The van der Waals surface area contributed by atoms with Crippen LogP contribution in [0.3, 0.4) is 0 Å². The molecule has 2 heterocycles. The molecule has 4 aromatic rings. The summed E-state index contributed by atoms with van der Waals surface area (Å²) in [5.74, 6) is 1.61. The van der Waals surface area contributed by atoms with Crippen LogP contribution in [0.25, 0.3) is 15.8 Å². The third-order valence-corrected chi connectivity index (χ3v) is 7.37. The minimum atomic E-state index is -0.494.